The second kappa shape index (κ2) is 12.5. The molecule has 0 spiro atoms. The van der Waals surface area contributed by atoms with E-state index in [2.05, 4.69) is 15.2 Å². The quantitative estimate of drug-likeness (QED) is 0.142. The number of hydrogen-bond donors (Lipinski definition) is 3. The summed E-state index contributed by atoms with van der Waals surface area (Å²) in [5, 5.41) is 5.85. The lowest BCUT2D eigenvalue weighted by Gasteiger charge is -2.34. The lowest BCUT2D eigenvalue weighted by Crippen LogP contribution is -2.55. The number of rotatable bonds is 12. The summed E-state index contributed by atoms with van der Waals surface area (Å²) in [5.41, 5.74) is 4.55. The number of aryl methyl sites for hydroxylation is 1. The summed E-state index contributed by atoms with van der Waals surface area (Å²) >= 11 is 1.01. The molecule has 2 aromatic heterocycles. The van der Waals surface area contributed by atoms with Gasteiger partial charge in [0.1, 0.15) is 21.6 Å². The van der Waals surface area contributed by atoms with Crippen molar-refractivity contribution in [2.24, 2.45) is 0 Å². The van der Waals surface area contributed by atoms with Crippen molar-refractivity contribution in [1.82, 2.24) is 15.2 Å². The predicted octanol–water partition coefficient (Wildman–Crippen LogP) is 4.98. The maximum atomic E-state index is 14.7. The fourth-order valence-corrected chi connectivity index (χ4v) is 7.20. The number of ether oxygens (including phenoxy) is 2. The maximum absolute atomic E-state index is 14.7. The molecule has 0 bridgehead atoms. The third kappa shape index (κ3) is 7.74. The van der Waals surface area contributed by atoms with E-state index < -0.39 is 42.7 Å². The molecule has 0 unspecified atom stereocenters. The topological polar surface area (TPSA) is 163 Å². The van der Waals surface area contributed by atoms with Crippen LogP contribution in [0, 0.1) is 6.92 Å². The summed E-state index contributed by atoms with van der Waals surface area (Å²) in [6.45, 7) is 14.8. The van der Waals surface area contributed by atoms with Gasteiger partial charge in [0.2, 0.25) is 5.78 Å². The van der Waals surface area contributed by atoms with Gasteiger partial charge in [-0.2, -0.15) is 0 Å². The smallest absolute Gasteiger partial charge is 0.326 e. The second-order valence-electron chi connectivity index (χ2n) is 11.6. The highest BCUT2D eigenvalue weighted by atomic mass is 32.1. The molecule has 0 saturated heterocycles. The Morgan fingerprint density at radius 3 is 1.88 bits per heavy atom. The minimum absolute atomic E-state index is 0.117. The molecule has 0 aliphatic carbocycles. The third-order valence-corrected chi connectivity index (χ3v) is 9.37. The van der Waals surface area contributed by atoms with Gasteiger partial charge in [0, 0.05) is 5.56 Å². The van der Waals surface area contributed by atoms with Crippen LogP contribution in [0.15, 0.2) is 40.8 Å². The molecule has 3 aromatic rings. The van der Waals surface area contributed by atoms with Crippen molar-refractivity contribution in [3.05, 3.63) is 52.4 Å². The zero-order valence-corrected chi connectivity index (χ0v) is 27.1. The minimum Gasteiger partial charge on any atom is -0.462 e. The Hall–Kier alpha value is -3.31. The van der Waals surface area contributed by atoms with E-state index in [9.17, 15) is 18.9 Å². The molecule has 11 nitrogen and oxygen atoms in total. The van der Waals surface area contributed by atoms with E-state index in [1.54, 1.807) is 39.8 Å². The largest absolute Gasteiger partial charge is 0.462 e. The van der Waals surface area contributed by atoms with Crippen molar-refractivity contribution in [3.8, 4) is 11.5 Å². The van der Waals surface area contributed by atoms with Crippen LogP contribution in [0.2, 0.25) is 0 Å². The summed E-state index contributed by atoms with van der Waals surface area (Å²) in [6, 6.07) is 10.0. The number of nitrogen functional groups attached to an aromatic ring is 1. The Bertz CT molecular complexity index is 1470. The van der Waals surface area contributed by atoms with Crippen molar-refractivity contribution >= 4 is 47.1 Å². The Morgan fingerprint density at radius 2 is 1.40 bits per heavy atom. The van der Waals surface area contributed by atoms with E-state index in [1.165, 1.54) is 39.8 Å². The molecule has 0 radical (unpaired) electrons. The first-order chi connectivity index (χ1) is 19.3. The van der Waals surface area contributed by atoms with E-state index in [0.29, 0.717) is 5.56 Å². The number of carbonyl (C=O) groups excluding carboxylic acids is 3. The number of carbonyl (C=O) groups is 3. The van der Waals surface area contributed by atoms with Crippen LogP contribution in [-0.2, 0) is 23.6 Å². The van der Waals surface area contributed by atoms with Crippen molar-refractivity contribution in [2.45, 2.75) is 85.6 Å². The Morgan fingerprint density at radius 1 is 0.905 bits per heavy atom. The Balaban J connectivity index is 2.07. The number of anilines is 1. The van der Waals surface area contributed by atoms with Crippen LogP contribution in [0.3, 0.4) is 0 Å². The molecule has 13 heteroatoms. The van der Waals surface area contributed by atoms with Gasteiger partial charge in [-0.15, -0.1) is 0 Å². The van der Waals surface area contributed by atoms with Gasteiger partial charge in [0.15, 0.2) is 16.4 Å². The number of nitrogens with zero attached hydrogens (tertiary/aromatic N) is 1. The molecule has 0 aliphatic rings. The molecule has 0 aliphatic heterocycles. The summed E-state index contributed by atoms with van der Waals surface area (Å²) in [6.07, 6.45) is -0.837. The fraction of sp³-hybridized carbons (Fsp3) is 0.448. The van der Waals surface area contributed by atoms with Crippen LogP contribution in [0.5, 0.6) is 0 Å². The summed E-state index contributed by atoms with van der Waals surface area (Å²) < 4.78 is 31.5. The van der Waals surface area contributed by atoms with Crippen LogP contribution in [0.25, 0.3) is 11.5 Å². The van der Waals surface area contributed by atoms with E-state index in [-0.39, 0.29) is 32.7 Å². The highest BCUT2D eigenvalue weighted by Crippen LogP contribution is 2.43. The SMILES string of the molecule is Cc1ccc(C(=O)c2sc(N)nc2-c2ccc(P(=O)(NC(C)(C)C(=O)OC(C)C)NC(C)(C)C(=O)OC(C)C)o2)cc1. The number of aromatic nitrogens is 1. The third-order valence-electron chi connectivity index (χ3n) is 5.88. The predicted molar refractivity (Wildman–Crippen MR) is 163 cm³/mol. The number of thiazole rings is 1. The average Bonchev–Trinajstić information content (AvgIpc) is 3.50. The van der Waals surface area contributed by atoms with E-state index >= 15 is 0 Å². The second-order valence-corrected chi connectivity index (χ2v) is 14.7. The summed E-state index contributed by atoms with van der Waals surface area (Å²) in [4.78, 5) is 43.8. The van der Waals surface area contributed by atoms with Gasteiger partial charge >= 0.3 is 11.9 Å². The molecule has 0 amide bonds. The molecule has 2 heterocycles. The molecule has 1 aromatic carbocycles. The molecule has 228 valence electrons. The number of ketones is 1. The van der Waals surface area contributed by atoms with Crippen LogP contribution >= 0.6 is 18.8 Å². The average molecular weight is 619 g/mol. The molecule has 0 saturated carbocycles. The standard InChI is InChI=1S/C29H39N4O7PS/c1-16(2)38-25(35)28(6,7)32-41(37,33-29(8,9)26(36)39-17(3)4)21-15-14-20(40-21)22-24(42-27(30)31-22)23(34)19-12-10-18(5)11-13-19/h10-17H,1-9H3,(H2,30,31)(H2,32,33,37). The molecule has 4 N–H and O–H groups in total. The van der Waals surface area contributed by atoms with Crippen LogP contribution < -0.4 is 21.4 Å². The molecular weight excluding hydrogens is 579 g/mol. The van der Waals surface area contributed by atoms with Crippen LogP contribution in [-0.4, -0.2) is 46.0 Å². The van der Waals surface area contributed by atoms with Crippen LogP contribution in [0.4, 0.5) is 5.13 Å². The zero-order valence-electron chi connectivity index (χ0n) is 25.4. The van der Waals surface area contributed by atoms with Crippen molar-refractivity contribution in [2.75, 3.05) is 5.73 Å². The molecule has 42 heavy (non-hydrogen) atoms. The zero-order chi connectivity index (χ0) is 31.6. The lowest BCUT2D eigenvalue weighted by molar-refractivity contribution is -0.153. The van der Waals surface area contributed by atoms with Gasteiger partial charge in [0.05, 0.1) is 12.2 Å². The first-order valence-electron chi connectivity index (χ1n) is 13.4. The number of hydrogen-bond acceptors (Lipinski definition) is 10. The van der Waals surface area contributed by atoms with E-state index in [0.717, 1.165) is 16.9 Å². The normalized spacial score (nSPS) is 12.5. The van der Waals surface area contributed by atoms with Crippen molar-refractivity contribution in [1.29, 1.82) is 0 Å². The van der Waals surface area contributed by atoms with Gasteiger partial charge in [-0.25, -0.2) is 15.2 Å². The monoisotopic (exact) mass is 618 g/mol. The maximum Gasteiger partial charge on any atom is 0.326 e. The van der Waals surface area contributed by atoms with Gasteiger partial charge in [-0.1, -0.05) is 41.2 Å². The van der Waals surface area contributed by atoms with Gasteiger partial charge in [-0.3, -0.25) is 18.9 Å². The van der Waals surface area contributed by atoms with E-state index in [1.807, 2.05) is 19.1 Å². The molecule has 3 rings (SSSR count). The Kier molecular flexibility index (Phi) is 9.89. The van der Waals surface area contributed by atoms with Gasteiger partial charge in [0.25, 0.3) is 7.44 Å². The number of benzene rings is 1. The highest BCUT2D eigenvalue weighted by molar-refractivity contribution is 7.67. The number of furan rings is 1. The lowest BCUT2D eigenvalue weighted by atomic mass is 10.1. The first kappa shape index (κ1) is 33.2. The summed E-state index contributed by atoms with van der Waals surface area (Å²) in [7, 11) is -4.11. The number of nitrogens with two attached hydrogens (primary N) is 1. The minimum atomic E-state index is -4.11. The molecular formula is C29H39N4O7PS. The molecule has 0 fully saturated rings. The summed E-state index contributed by atoms with van der Waals surface area (Å²) in [5.74, 6) is -1.49. The van der Waals surface area contributed by atoms with Crippen molar-refractivity contribution in [3.63, 3.8) is 0 Å². The number of nitrogens with one attached hydrogen (secondary N) is 2. The van der Waals surface area contributed by atoms with Gasteiger partial charge < -0.3 is 19.6 Å². The van der Waals surface area contributed by atoms with E-state index in [4.69, 9.17) is 19.6 Å². The first-order valence-corrected chi connectivity index (χ1v) is 16.0. The highest BCUT2D eigenvalue weighted by Gasteiger charge is 2.46. The van der Waals surface area contributed by atoms with Crippen LogP contribution in [0.1, 0.15) is 76.2 Å². The molecule has 0 atom stereocenters. The number of esters is 2. The van der Waals surface area contributed by atoms with Crippen molar-refractivity contribution < 1.29 is 32.8 Å². The Labute approximate surface area is 250 Å². The van der Waals surface area contributed by atoms with Gasteiger partial charge in [-0.05, 0) is 74.4 Å². The fourth-order valence-electron chi connectivity index (χ4n) is 3.86.